The lowest BCUT2D eigenvalue weighted by molar-refractivity contribution is -0.141. The quantitative estimate of drug-likeness (QED) is 0.563. The second kappa shape index (κ2) is 13.1. The number of hydrogen-bond donors (Lipinski definition) is 3. The molecule has 0 radical (unpaired) electrons. The number of aryl methyl sites for hydroxylation is 2. The van der Waals surface area contributed by atoms with E-state index in [1.54, 1.807) is 14.0 Å². The molecule has 8 heteroatoms. The second-order valence-electron chi connectivity index (χ2n) is 11.0. The van der Waals surface area contributed by atoms with Gasteiger partial charge in [0.1, 0.15) is 23.9 Å². The summed E-state index contributed by atoms with van der Waals surface area (Å²) in [5.74, 6) is 0.374. The van der Waals surface area contributed by atoms with Crippen LogP contribution >= 0.6 is 0 Å². The number of likely N-dealkylation sites (N-methyl/N-ethyl adjacent to an activating group) is 1. The van der Waals surface area contributed by atoms with Gasteiger partial charge < -0.3 is 25.6 Å². The van der Waals surface area contributed by atoms with Crippen LogP contribution in [0.2, 0.25) is 0 Å². The summed E-state index contributed by atoms with van der Waals surface area (Å²) in [5, 5.41) is 9.36. The third-order valence-electron chi connectivity index (χ3n) is 7.71. The maximum Gasteiger partial charge on any atom is 0.243 e. The fourth-order valence-electron chi connectivity index (χ4n) is 4.92. The molecular weight excluding hydrogens is 492 g/mol. The number of nitrogens with one attached hydrogen (secondary N) is 3. The third-order valence-corrected chi connectivity index (χ3v) is 7.71. The first-order valence-corrected chi connectivity index (χ1v) is 14.1. The van der Waals surface area contributed by atoms with Crippen molar-refractivity contribution in [3.63, 3.8) is 0 Å². The lowest BCUT2D eigenvalue weighted by atomic mass is 10.0. The van der Waals surface area contributed by atoms with Gasteiger partial charge >= 0.3 is 0 Å². The van der Waals surface area contributed by atoms with Crippen LogP contribution in [0.3, 0.4) is 0 Å². The maximum atomic E-state index is 13.5. The Labute approximate surface area is 231 Å². The SMILES string of the molecule is Cc1ccc(C[C@H]2NC(=O)[C@@H](C)N(C)C(=O)[C@H](C3CC3)NCC(C)Oc3ccccc3CCCNC2=O)cc1. The molecule has 39 heavy (non-hydrogen) atoms. The van der Waals surface area contributed by atoms with Crippen LogP contribution in [0.4, 0.5) is 0 Å². The normalized spacial score (nSPS) is 25.9. The summed E-state index contributed by atoms with van der Waals surface area (Å²) in [7, 11) is 1.66. The van der Waals surface area contributed by atoms with Crippen LogP contribution < -0.4 is 20.7 Å². The first kappa shape index (κ1) is 28.6. The minimum atomic E-state index is -0.751. The summed E-state index contributed by atoms with van der Waals surface area (Å²) in [6.45, 7) is 6.70. The lowest BCUT2D eigenvalue weighted by Crippen LogP contribution is -2.57. The number of para-hydroxylation sites is 1. The van der Waals surface area contributed by atoms with Crippen LogP contribution in [0, 0.1) is 12.8 Å². The number of carbonyl (C=O) groups is 3. The molecule has 3 amide bonds. The van der Waals surface area contributed by atoms with Gasteiger partial charge in [-0.2, -0.15) is 0 Å². The Balaban J connectivity index is 1.56. The van der Waals surface area contributed by atoms with Gasteiger partial charge in [-0.25, -0.2) is 0 Å². The monoisotopic (exact) mass is 534 g/mol. The predicted octanol–water partition coefficient (Wildman–Crippen LogP) is 2.77. The first-order chi connectivity index (χ1) is 18.7. The molecule has 3 N–H and O–H groups in total. The summed E-state index contributed by atoms with van der Waals surface area (Å²) in [5.41, 5.74) is 3.16. The van der Waals surface area contributed by atoms with Gasteiger partial charge in [0.05, 0.1) is 6.04 Å². The Hall–Kier alpha value is -3.39. The van der Waals surface area contributed by atoms with Crippen LogP contribution in [0.25, 0.3) is 0 Å². The van der Waals surface area contributed by atoms with Crippen molar-refractivity contribution in [3.05, 3.63) is 65.2 Å². The molecule has 1 fully saturated rings. The zero-order valence-corrected chi connectivity index (χ0v) is 23.5. The van der Waals surface area contributed by atoms with Gasteiger partial charge in [0.25, 0.3) is 0 Å². The lowest BCUT2D eigenvalue weighted by Gasteiger charge is -2.31. The molecular formula is C31H42N4O4. The molecule has 2 aliphatic rings. The number of benzene rings is 2. The number of rotatable bonds is 3. The van der Waals surface area contributed by atoms with E-state index in [-0.39, 0.29) is 35.8 Å². The summed E-state index contributed by atoms with van der Waals surface area (Å²) < 4.78 is 6.26. The highest BCUT2D eigenvalue weighted by molar-refractivity contribution is 5.93. The molecule has 4 rings (SSSR count). The van der Waals surface area contributed by atoms with Crippen molar-refractivity contribution in [2.45, 2.75) is 77.1 Å². The number of fused-ring (bicyclic) bond motifs is 1. The standard InChI is InChI=1S/C31H42N4O4/c1-20-11-13-23(14-12-20)18-26-30(37)32-17-7-9-24-8-5-6-10-27(24)39-21(2)19-33-28(25-15-16-25)31(38)35(4)22(3)29(36)34-26/h5-6,8,10-14,21-22,25-26,28,33H,7,9,15-19H2,1-4H3,(H,32,37)(H,34,36)/t21?,22-,26-,28+/m1/s1. The van der Waals surface area contributed by atoms with Crippen molar-refractivity contribution in [1.29, 1.82) is 0 Å². The van der Waals surface area contributed by atoms with Crippen LogP contribution in [-0.4, -0.2) is 67.0 Å². The molecule has 0 aromatic heterocycles. The fourth-order valence-corrected chi connectivity index (χ4v) is 4.92. The van der Waals surface area contributed by atoms with Crippen molar-refractivity contribution >= 4 is 17.7 Å². The van der Waals surface area contributed by atoms with Crippen molar-refractivity contribution < 1.29 is 19.1 Å². The van der Waals surface area contributed by atoms with E-state index in [4.69, 9.17) is 4.74 Å². The third kappa shape index (κ3) is 7.82. The van der Waals surface area contributed by atoms with Crippen LogP contribution in [0.15, 0.2) is 48.5 Å². The van der Waals surface area contributed by atoms with Gasteiger partial charge in [0.15, 0.2) is 0 Å². The highest BCUT2D eigenvalue weighted by Crippen LogP contribution is 2.33. The first-order valence-electron chi connectivity index (χ1n) is 14.1. The van der Waals surface area contributed by atoms with E-state index in [0.29, 0.717) is 19.5 Å². The van der Waals surface area contributed by atoms with Gasteiger partial charge in [-0.15, -0.1) is 0 Å². The molecule has 1 aliphatic carbocycles. The fraction of sp³-hybridized carbons (Fsp3) is 0.516. The van der Waals surface area contributed by atoms with E-state index in [0.717, 1.165) is 48.1 Å². The average Bonchev–Trinajstić information content (AvgIpc) is 3.76. The van der Waals surface area contributed by atoms with Gasteiger partial charge in [-0.1, -0.05) is 48.0 Å². The Kier molecular flexibility index (Phi) is 9.62. The molecule has 2 aromatic rings. The van der Waals surface area contributed by atoms with E-state index in [9.17, 15) is 14.4 Å². The molecule has 4 atom stereocenters. The number of hydrogen-bond acceptors (Lipinski definition) is 5. The summed E-state index contributed by atoms with van der Waals surface area (Å²) in [6, 6.07) is 14.0. The predicted molar refractivity (Wildman–Crippen MR) is 151 cm³/mol. The van der Waals surface area contributed by atoms with Crippen LogP contribution in [0.1, 0.15) is 49.8 Å². The molecule has 210 valence electrons. The maximum absolute atomic E-state index is 13.5. The second-order valence-corrected chi connectivity index (χ2v) is 11.0. The number of carbonyl (C=O) groups excluding carboxylic acids is 3. The molecule has 8 nitrogen and oxygen atoms in total. The highest BCUT2D eigenvalue weighted by Gasteiger charge is 2.39. The molecule has 1 saturated carbocycles. The summed E-state index contributed by atoms with van der Waals surface area (Å²) in [6.07, 6.45) is 3.66. The number of ether oxygens (including phenoxy) is 1. The molecule has 1 aliphatic heterocycles. The van der Waals surface area contributed by atoms with E-state index >= 15 is 0 Å². The van der Waals surface area contributed by atoms with E-state index in [1.807, 2.05) is 62.4 Å². The molecule has 0 saturated heterocycles. The van der Waals surface area contributed by atoms with E-state index in [1.165, 1.54) is 4.90 Å². The molecule has 0 spiro atoms. The van der Waals surface area contributed by atoms with Crippen molar-refractivity contribution in [1.82, 2.24) is 20.9 Å². The summed E-state index contributed by atoms with van der Waals surface area (Å²) >= 11 is 0. The van der Waals surface area contributed by atoms with Gasteiger partial charge in [-0.3, -0.25) is 14.4 Å². The topological polar surface area (TPSA) is 99.8 Å². The van der Waals surface area contributed by atoms with E-state index in [2.05, 4.69) is 16.0 Å². The van der Waals surface area contributed by atoms with Crippen LogP contribution in [0.5, 0.6) is 5.75 Å². The Morgan fingerprint density at radius 3 is 2.41 bits per heavy atom. The molecule has 2 aromatic carbocycles. The number of amides is 3. The van der Waals surface area contributed by atoms with Gasteiger partial charge in [0.2, 0.25) is 17.7 Å². The van der Waals surface area contributed by atoms with Crippen LogP contribution in [-0.2, 0) is 27.2 Å². The summed E-state index contributed by atoms with van der Waals surface area (Å²) in [4.78, 5) is 41.6. The highest BCUT2D eigenvalue weighted by atomic mass is 16.5. The smallest absolute Gasteiger partial charge is 0.243 e. The zero-order chi connectivity index (χ0) is 27.9. The Bertz CT molecular complexity index is 1150. The van der Waals surface area contributed by atoms with Gasteiger partial charge in [0, 0.05) is 26.6 Å². The minimum absolute atomic E-state index is 0.117. The number of nitrogens with zero attached hydrogens (tertiary/aromatic N) is 1. The van der Waals surface area contributed by atoms with E-state index < -0.39 is 12.1 Å². The Morgan fingerprint density at radius 2 is 1.69 bits per heavy atom. The Morgan fingerprint density at radius 1 is 0.974 bits per heavy atom. The van der Waals surface area contributed by atoms with Crippen molar-refractivity contribution in [2.75, 3.05) is 20.1 Å². The van der Waals surface area contributed by atoms with Crippen molar-refractivity contribution in [3.8, 4) is 5.75 Å². The largest absolute Gasteiger partial charge is 0.489 e. The average molecular weight is 535 g/mol. The minimum Gasteiger partial charge on any atom is -0.489 e. The molecule has 0 bridgehead atoms. The van der Waals surface area contributed by atoms with Gasteiger partial charge in [-0.05, 0) is 69.6 Å². The zero-order valence-electron chi connectivity index (χ0n) is 23.5. The molecule has 1 heterocycles. The molecule has 1 unspecified atom stereocenters. The van der Waals surface area contributed by atoms with Crippen molar-refractivity contribution in [2.24, 2.45) is 5.92 Å².